The van der Waals surface area contributed by atoms with Gasteiger partial charge in [0, 0.05) is 0 Å². The van der Waals surface area contributed by atoms with Gasteiger partial charge in [-0.15, -0.1) is 0 Å². The molecule has 0 radical (unpaired) electrons. The molecule has 6 aromatic rings. The molecular formula is C35H34. The van der Waals surface area contributed by atoms with E-state index in [0.717, 1.165) is 6.42 Å². The molecule has 0 spiro atoms. The molecule has 0 atom stereocenters. The number of rotatable bonds is 0. The lowest BCUT2D eigenvalue weighted by Gasteiger charge is -2.15. The van der Waals surface area contributed by atoms with Gasteiger partial charge in [-0.25, -0.2) is 0 Å². The maximum Gasteiger partial charge on any atom is -0.00128 e. The molecule has 0 fully saturated rings. The molecule has 1 aliphatic rings. The molecule has 7 rings (SSSR count). The molecule has 0 bridgehead atoms. The monoisotopic (exact) mass is 454 g/mol. The number of hydrogen-bond acceptors (Lipinski definition) is 0. The molecule has 0 aromatic heterocycles. The third-order valence-electron chi connectivity index (χ3n) is 7.21. The van der Waals surface area contributed by atoms with E-state index in [4.69, 9.17) is 0 Å². The van der Waals surface area contributed by atoms with Crippen LogP contribution in [0.15, 0.2) is 84.9 Å². The molecule has 35 heavy (non-hydrogen) atoms. The van der Waals surface area contributed by atoms with Crippen LogP contribution in [-0.2, 0) is 6.42 Å². The Labute approximate surface area is 209 Å². The second-order valence-corrected chi connectivity index (χ2v) is 9.12. The predicted octanol–water partition coefficient (Wildman–Crippen LogP) is 10.5. The molecule has 0 saturated carbocycles. The van der Waals surface area contributed by atoms with E-state index in [9.17, 15) is 0 Å². The fraction of sp³-hybridized carbons (Fsp3) is 0.200. The van der Waals surface area contributed by atoms with Crippen LogP contribution in [-0.4, -0.2) is 0 Å². The summed E-state index contributed by atoms with van der Waals surface area (Å²) >= 11 is 0. The van der Waals surface area contributed by atoms with Gasteiger partial charge in [0.1, 0.15) is 0 Å². The quantitative estimate of drug-likeness (QED) is 0.200. The van der Waals surface area contributed by atoms with Crippen LogP contribution in [0, 0.1) is 13.8 Å². The Kier molecular flexibility index (Phi) is 6.07. The summed E-state index contributed by atoms with van der Waals surface area (Å²) in [6.07, 6.45) is 1.03. The summed E-state index contributed by atoms with van der Waals surface area (Å²) in [5.74, 6) is 0. The Morgan fingerprint density at radius 1 is 0.429 bits per heavy atom. The highest BCUT2D eigenvalue weighted by molar-refractivity contribution is 6.15. The van der Waals surface area contributed by atoms with Gasteiger partial charge in [-0.3, -0.25) is 0 Å². The standard InChI is InChI=1S/C31H22.2C2H6/c1-18-11-24-13-25-12-19(2)27-15-21-8-4-6-10-23(21)17-29(27)31(25)30(24)28-16-22-9-5-3-7-20(22)14-26(18)28;2*1-2/h3-12,14-17H,13H2,1-2H3;2*1-2H3. The van der Waals surface area contributed by atoms with Crippen LogP contribution in [0.25, 0.3) is 54.2 Å². The van der Waals surface area contributed by atoms with Crippen LogP contribution in [0.5, 0.6) is 0 Å². The zero-order valence-electron chi connectivity index (χ0n) is 21.8. The highest BCUT2D eigenvalue weighted by Crippen LogP contribution is 2.48. The third-order valence-corrected chi connectivity index (χ3v) is 7.21. The summed E-state index contributed by atoms with van der Waals surface area (Å²) in [6.45, 7) is 12.5. The lowest BCUT2D eigenvalue weighted by Crippen LogP contribution is -1.89. The fourth-order valence-corrected chi connectivity index (χ4v) is 5.79. The van der Waals surface area contributed by atoms with Crippen molar-refractivity contribution < 1.29 is 0 Å². The van der Waals surface area contributed by atoms with Crippen LogP contribution in [0.2, 0.25) is 0 Å². The maximum atomic E-state index is 2.43. The first-order chi connectivity index (χ1) is 17.2. The summed E-state index contributed by atoms with van der Waals surface area (Å²) in [4.78, 5) is 0. The van der Waals surface area contributed by atoms with Crippen molar-refractivity contribution in [1.29, 1.82) is 0 Å². The minimum atomic E-state index is 1.03. The predicted molar refractivity (Wildman–Crippen MR) is 157 cm³/mol. The van der Waals surface area contributed by atoms with Gasteiger partial charge >= 0.3 is 0 Å². The van der Waals surface area contributed by atoms with Crippen molar-refractivity contribution in [2.45, 2.75) is 48.0 Å². The van der Waals surface area contributed by atoms with Gasteiger partial charge in [0.2, 0.25) is 0 Å². The fourth-order valence-electron chi connectivity index (χ4n) is 5.79. The van der Waals surface area contributed by atoms with Gasteiger partial charge < -0.3 is 0 Å². The highest BCUT2D eigenvalue weighted by Gasteiger charge is 2.25. The van der Waals surface area contributed by atoms with E-state index in [2.05, 4.69) is 98.8 Å². The number of fused-ring (bicyclic) bond motifs is 9. The van der Waals surface area contributed by atoms with Gasteiger partial charge in [0.25, 0.3) is 0 Å². The Balaban J connectivity index is 0.000000605. The van der Waals surface area contributed by atoms with Gasteiger partial charge in [-0.05, 0) is 121 Å². The van der Waals surface area contributed by atoms with Crippen molar-refractivity contribution in [2.75, 3.05) is 0 Å². The van der Waals surface area contributed by atoms with Gasteiger partial charge in [0.05, 0.1) is 0 Å². The molecule has 174 valence electrons. The molecule has 0 saturated heterocycles. The molecule has 6 aromatic carbocycles. The Morgan fingerprint density at radius 3 is 1.09 bits per heavy atom. The van der Waals surface area contributed by atoms with Crippen LogP contribution in [0.3, 0.4) is 0 Å². The van der Waals surface area contributed by atoms with Gasteiger partial charge in [-0.1, -0.05) is 88.4 Å². The maximum absolute atomic E-state index is 2.43. The van der Waals surface area contributed by atoms with Crippen molar-refractivity contribution in [1.82, 2.24) is 0 Å². The summed E-state index contributed by atoms with van der Waals surface area (Å²) < 4.78 is 0. The van der Waals surface area contributed by atoms with Crippen molar-refractivity contribution in [2.24, 2.45) is 0 Å². The first-order valence-electron chi connectivity index (χ1n) is 13.1. The summed E-state index contributed by atoms with van der Waals surface area (Å²) in [5.41, 5.74) is 8.58. The first-order valence-corrected chi connectivity index (χ1v) is 13.1. The molecule has 0 heteroatoms. The van der Waals surface area contributed by atoms with Crippen molar-refractivity contribution in [3.05, 3.63) is 107 Å². The SMILES string of the molecule is CC.CC.Cc1cc2c(c3cc4ccccc4cc13)-c1c(cc(C)c3cc4ccccc4cc13)C2. The number of hydrogen-bond donors (Lipinski definition) is 0. The molecule has 0 nitrogen and oxygen atoms in total. The van der Waals surface area contributed by atoms with Crippen LogP contribution < -0.4 is 0 Å². The van der Waals surface area contributed by atoms with Crippen LogP contribution >= 0.6 is 0 Å². The highest BCUT2D eigenvalue weighted by atomic mass is 14.3. The average molecular weight is 455 g/mol. The molecule has 1 aliphatic carbocycles. The normalized spacial score (nSPS) is 11.6. The van der Waals surface area contributed by atoms with Crippen molar-refractivity contribution in [3.8, 4) is 11.1 Å². The van der Waals surface area contributed by atoms with E-state index >= 15 is 0 Å². The molecule has 0 unspecified atom stereocenters. The summed E-state index contributed by atoms with van der Waals surface area (Å²) in [5, 5.41) is 10.8. The Bertz CT molecular complexity index is 1590. The zero-order chi connectivity index (χ0) is 24.7. The lowest BCUT2D eigenvalue weighted by atomic mass is 9.89. The van der Waals surface area contributed by atoms with Crippen molar-refractivity contribution in [3.63, 3.8) is 0 Å². The van der Waals surface area contributed by atoms with E-state index < -0.39 is 0 Å². The van der Waals surface area contributed by atoms with E-state index in [1.165, 1.54) is 76.5 Å². The Hall–Kier alpha value is -3.64. The summed E-state index contributed by atoms with van der Waals surface area (Å²) in [6, 6.07) is 31.9. The molecule has 0 N–H and O–H groups in total. The minimum absolute atomic E-state index is 1.03. The zero-order valence-corrected chi connectivity index (χ0v) is 21.8. The minimum Gasteiger partial charge on any atom is -0.0683 e. The Morgan fingerprint density at radius 2 is 0.743 bits per heavy atom. The largest absolute Gasteiger partial charge is 0.0683 e. The number of benzene rings is 6. The second-order valence-electron chi connectivity index (χ2n) is 9.12. The van der Waals surface area contributed by atoms with E-state index in [-0.39, 0.29) is 0 Å². The molecule has 0 aliphatic heterocycles. The smallest absolute Gasteiger partial charge is 0.00128 e. The van der Waals surface area contributed by atoms with Gasteiger partial charge in [-0.2, -0.15) is 0 Å². The lowest BCUT2D eigenvalue weighted by molar-refractivity contribution is 1.25. The molecular weight excluding hydrogens is 420 g/mol. The summed E-state index contributed by atoms with van der Waals surface area (Å²) in [7, 11) is 0. The van der Waals surface area contributed by atoms with E-state index in [1.807, 2.05) is 27.7 Å². The van der Waals surface area contributed by atoms with Crippen LogP contribution in [0.4, 0.5) is 0 Å². The topological polar surface area (TPSA) is 0 Å². The number of aryl methyl sites for hydroxylation is 2. The second kappa shape index (κ2) is 9.19. The van der Waals surface area contributed by atoms with E-state index in [0.29, 0.717) is 0 Å². The van der Waals surface area contributed by atoms with E-state index in [1.54, 1.807) is 0 Å². The average Bonchev–Trinajstić information content (AvgIpc) is 3.27. The van der Waals surface area contributed by atoms with Gasteiger partial charge in [0.15, 0.2) is 0 Å². The molecule has 0 amide bonds. The third kappa shape index (κ3) is 3.60. The first kappa shape index (κ1) is 23.1. The van der Waals surface area contributed by atoms with Crippen LogP contribution in [0.1, 0.15) is 49.9 Å². The molecule has 0 heterocycles. The van der Waals surface area contributed by atoms with Crippen molar-refractivity contribution >= 4 is 43.1 Å².